The Hall–Kier alpha value is 0.120. The van der Waals surface area contributed by atoms with E-state index in [2.05, 4.69) is 0 Å². The van der Waals surface area contributed by atoms with Crippen LogP contribution in [-0.2, 0) is 23.3 Å². The minimum atomic E-state index is -3.44. The molecule has 0 spiro atoms. The predicted octanol–water partition coefficient (Wildman–Crippen LogP) is 1.65. The quantitative estimate of drug-likeness (QED) is 0.405. The van der Waals surface area contributed by atoms with Gasteiger partial charge in [0.15, 0.2) is 0 Å². The molecular weight excluding hydrogens is 280 g/mol. The molecule has 0 aromatic carbocycles. The van der Waals surface area contributed by atoms with Crippen LogP contribution in [0.5, 0.6) is 0 Å². The Labute approximate surface area is 114 Å². The molecule has 0 aromatic rings. The lowest BCUT2D eigenvalue weighted by Gasteiger charge is -2.13. The Morgan fingerprint density at radius 3 is 2.33 bits per heavy atom. The molecule has 18 heavy (non-hydrogen) atoms. The topological polar surface area (TPSA) is 61.8 Å². The average molecular weight is 303 g/mol. The lowest BCUT2D eigenvalue weighted by Crippen LogP contribution is -2.18. The van der Waals surface area contributed by atoms with Crippen LogP contribution >= 0.6 is 10.7 Å². The summed E-state index contributed by atoms with van der Waals surface area (Å²) in [4.78, 5) is 0. The van der Waals surface area contributed by atoms with E-state index in [0.29, 0.717) is 33.0 Å². The van der Waals surface area contributed by atoms with Crippen molar-refractivity contribution < 1.29 is 22.6 Å². The standard InChI is InChI=1S/C11H23ClO5S/c1-3-11(10-18(12,13)14)9-17-6-4-5-16-8-7-15-2/h11H,3-10H2,1-2H3. The molecule has 0 aliphatic carbocycles. The van der Waals surface area contributed by atoms with Crippen LogP contribution in [0, 0.1) is 5.92 Å². The van der Waals surface area contributed by atoms with Gasteiger partial charge in [0.25, 0.3) is 0 Å². The van der Waals surface area contributed by atoms with Crippen molar-refractivity contribution in [1.29, 1.82) is 0 Å². The van der Waals surface area contributed by atoms with E-state index in [1.165, 1.54) is 0 Å². The maximum atomic E-state index is 10.9. The van der Waals surface area contributed by atoms with Crippen LogP contribution in [0.2, 0.25) is 0 Å². The third-order valence-electron chi connectivity index (χ3n) is 2.37. The molecule has 0 aromatic heterocycles. The Morgan fingerprint density at radius 2 is 1.78 bits per heavy atom. The summed E-state index contributed by atoms with van der Waals surface area (Å²) < 4.78 is 37.3. The van der Waals surface area contributed by atoms with Crippen molar-refractivity contribution in [3.05, 3.63) is 0 Å². The zero-order valence-corrected chi connectivity index (χ0v) is 12.6. The van der Waals surface area contributed by atoms with E-state index >= 15 is 0 Å². The molecule has 0 saturated carbocycles. The van der Waals surface area contributed by atoms with Gasteiger partial charge in [-0.15, -0.1) is 0 Å². The predicted molar refractivity (Wildman–Crippen MR) is 71.6 cm³/mol. The third kappa shape index (κ3) is 12.6. The second-order valence-electron chi connectivity index (χ2n) is 4.01. The van der Waals surface area contributed by atoms with Gasteiger partial charge in [-0.1, -0.05) is 13.3 Å². The summed E-state index contributed by atoms with van der Waals surface area (Å²) in [5.74, 6) is -0.0722. The van der Waals surface area contributed by atoms with Gasteiger partial charge in [-0.05, 0) is 12.3 Å². The molecule has 1 atom stereocenters. The fraction of sp³-hybridized carbons (Fsp3) is 1.00. The summed E-state index contributed by atoms with van der Waals surface area (Å²) in [6, 6.07) is 0. The summed E-state index contributed by atoms with van der Waals surface area (Å²) in [7, 11) is 3.39. The van der Waals surface area contributed by atoms with Crippen LogP contribution < -0.4 is 0 Å². The molecule has 0 amide bonds. The van der Waals surface area contributed by atoms with Crippen molar-refractivity contribution in [2.45, 2.75) is 19.8 Å². The van der Waals surface area contributed by atoms with E-state index in [1.807, 2.05) is 6.92 Å². The second-order valence-corrected chi connectivity index (χ2v) is 6.84. The highest BCUT2D eigenvalue weighted by atomic mass is 35.7. The molecule has 0 bridgehead atoms. The fourth-order valence-electron chi connectivity index (χ4n) is 1.32. The number of hydrogen-bond acceptors (Lipinski definition) is 5. The first kappa shape index (κ1) is 18.1. The number of rotatable bonds is 12. The van der Waals surface area contributed by atoms with Gasteiger partial charge < -0.3 is 14.2 Å². The van der Waals surface area contributed by atoms with E-state index in [4.69, 9.17) is 24.9 Å². The Kier molecular flexibility index (Phi) is 11.1. The molecule has 110 valence electrons. The first-order chi connectivity index (χ1) is 8.49. The van der Waals surface area contributed by atoms with E-state index < -0.39 is 9.05 Å². The molecule has 0 heterocycles. The maximum absolute atomic E-state index is 10.9. The monoisotopic (exact) mass is 302 g/mol. The second kappa shape index (κ2) is 11.0. The van der Waals surface area contributed by atoms with Gasteiger partial charge >= 0.3 is 0 Å². The van der Waals surface area contributed by atoms with Gasteiger partial charge in [0.05, 0.1) is 25.6 Å². The molecule has 0 aliphatic heterocycles. The average Bonchev–Trinajstić information content (AvgIpc) is 2.29. The summed E-state index contributed by atoms with van der Waals surface area (Å²) in [5, 5.41) is 0. The lowest BCUT2D eigenvalue weighted by molar-refractivity contribution is 0.0457. The molecule has 5 nitrogen and oxygen atoms in total. The first-order valence-electron chi connectivity index (χ1n) is 6.06. The Bertz CT molecular complexity index is 281. The normalized spacial score (nSPS) is 13.7. The Morgan fingerprint density at radius 1 is 1.11 bits per heavy atom. The molecule has 0 radical (unpaired) electrons. The van der Waals surface area contributed by atoms with Crippen LogP contribution in [0.15, 0.2) is 0 Å². The highest BCUT2D eigenvalue weighted by Crippen LogP contribution is 2.10. The number of methoxy groups -OCH3 is 1. The summed E-state index contributed by atoms with van der Waals surface area (Å²) in [6.45, 7) is 4.69. The number of hydrogen-bond donors (Lipinski definition) is 0. The van der Waals surface area contributed by atoms with Crippen molar-refractivity contribution in [1.82, 2.24) is 0 Å². The van der Waals surface area contributed by atoms with Gasteiger partial charge in [0, 0.05) is 31.0 Å². The van der Waals surface area contributed by atoms with Crippen LogP contribution in [0.3, 0.4) is 0 Å². The van der Waals surface area contributed by atoms with Crippen LogP contribution in [0.1, 0.15) is 19.8 Å². The molecule has 0 saturated heterocycles. The van der Waals surface area contributed by atoms with Gasteiger partial charge in [-0.25, -0.2) is 8.42 Å². The number of ether oxygens (including phenoxy) is 3. The van der Waals surface area contributed by atoms with E-state index in [-0.39, 0.29) is 11.7 Å². The van der Waals surface area contributed by atoms with Gasteiger partial charge in [0.1, 0.15) is 0 Å². The van der Waals surface area contributed by atoms with Gasteiger partial charge in [0.2, 0.25) is 9.05 Å². The fourth-order valence-corrected chi connectivity index (χ4v) is 2.75. The van der Waals surface area contributed by atoms with Crippen molar-refractivity contribution in [2.24, 2.45) is 5.92 Å². The zero-order valence-electron chi connectivity index (χ0n) is 11.1. The van der Waals surface area contributed by atoms with E-state index in [9.17, 15) is 8.42 Å². The number of halogens is 1. The van der Waals surface area contributed by atoms with Crippen LogP contribution in [-0.4, -0.2) is 54.3 Å². The highest BCUT2D eigenvalue weighted by molar-refractivity contribution is 8.13. The lowest BCUT2D eigenvalue weighted by atomic mass is 10.1. The molecule has 0 rings (SSSR count). The maximum Gasteiger partial charge on any atom is 0.232 e. The zero-order chi connectivity index (χ0) is 13.9. The van der Waals surface area contributed by atoms with Gasteiger partial charge in [-0.3, -0.25) is 0 Å². The Balaban J connectivity index is 3.46. The van der Waals surface area contributed by atoms with Crippen molar-refractivity contribution >= 4 is 19.7 Å². The van der Waals surface area contributed by atoms with Crippen molar-refractivity contribution in [3.63, 3.8) is 0 Å². The van der Waals surface area contributed by atoms with E-state index in [1.54, 1.807) is 7.11 Å². The largest absolute Gasteiger partial charge is 0.382 e. The molecule has 1 unspecified atom stereocenters. The molecule has 0 fully saturated rings. The molecular formula is C11H23ClO5S. The SMILES string of the molecule is CCC(COCCCOCCOC)CS(=O)(=O)Cl. The smallest absolute Gasteiger partial charge is 0.232 e. The first-order valence-corrected chi connectivity index (χ1v) is 8.54. The summed E-state index contributed by atoms with van der Waals surface area (Å²) in [5.41, 5.74) is 0. The van der Waals surface area contributed by atoms with Crippen molar-refractivity contribution in [3.8, 4) is 0 Å². The summed E-state index contributed by atoms with van der Waals surface area (Å²) >= 11 is 0. The minimum Gasteiger partial charge on any atom is -0.382 e. The highest BCUT2D eigenvalue weighted by Gasteiger charge is 2.15. The van der Waals surface area contributed by atoms with Crippen molar-refractivity contribution in [2.75, 3.05) is 45.9 Å². The molecule has 7 heteroatoms. The van der Waals surface area contributed by atoms with Crippen LogP contribution in [0.4, 0.5) is 0 Å². The van der Waals surface area contributed by atoms with Gasteiger partial charge in [-0.2, -0.15) is 0 Å². The van der Waals surface area contributed by atoms with E-state index in [0.717, 1.165) is 12.8 Å². The third-order valence-corrected chi connectivity index (χ3v) is 3.62. The minimum absolute atomic E-state index is 0.0323. The molecule has 0 aliphatic rings. The van der Waals surface area contributed by atoms with Crippen LogP contribution in [0.25, 0.3) is 0 Å². The molecule has 0 N–H and O–H groups in total. The summed E-state index contributed by atoms with van der Waals surface area (Å²) in [6.07, 6.45) is 1.52.